The highest BCUT2D eigenvalue weighted by atomic mass is 32.2. The van der Waals surface area contributed by atoms with Crippen LogP contribution in [0.4, 0.5) is 0 Å². The van der Waals surface area contributed by atoms with E-state index in [4.69, 9.17) is 4.74 Å². The van der Waals surface area contributed by atoms with Gasteiger partial charge in [-0.15, -0.1) is 11.3 Å². The summed E-state index contributed by atoms with van der Waals surface area (Å²) in [5, 5.41) is 5.66. The molecule has 0 saturated carbocycles. The summed E-state index contributed by atoms with van der Waals surface area (Å²) in [6, 6.07) is 0. The predicted molar refractivity (Wildman–Crippen MR) is 87.4 cm³/mol. The molecule has 1 aromatic rings. The minimum atomic E-state index is -3.06. The summed E-state index contributed by atoms with van der Waals surface area (Å²) in [6.45, 7) is 4.94. The summed E-state index contributed by atoms with van der Waals surface area (Å²) in [7, 11) is -1.66. The first-order valence-electron chi connectivity index (χ1n) is 7.16. The van der Waals surface area contributed by atoms with Gasteiger partial charge in [-0.3, -0.25) is 4.79 Å². The van der Waals surface area contributed by atoms with Crippen LogP contribution in [0.25, 0.3) is 0 Å². The van der Waals surface area contributed by atoms with Gasteiger partial charge in [-0.1, -0.05) is 13.8 Å². The Bertz CT molecular complexity index is 592. The standard InChI is InChI=1S/C14H24N2O4S2/c1-5-14(6-2,13(17)20-3)10-15-7-11-8-21-12(16-11)9-22(4,18)19/h8,15H,5-7,9-10H2,1-4H3. The highest BCUT2D eigenvalue weighted by molar-refractivity contribution is 7.90. The number of hydrogen-bond donors (Lipinski definition) is 1. The fraction of sp³-hybridized carbons (Fsp3) is 0.714. The van der Waals surface area contributed by atoms with Gasteiger partial charge >= 0.3 is 5.97 Å². The monoisotopic (exact) mass is 348 g/mol. The van der Waals surface area contributed by atoms with Crippen LogP contribution in [0.3, 0.4) is 0 Å². The molecule has 8 heteroatoms. The fourth-order valence-corrected chi connectivity index (χ4v) is 4.23. The molecule has 6 nitrogen and oxygen atoms in total. The van der Waals surface area contributed by atoms with Crippen LogP contribution in [-0.4, -0.2) is 39.3 Å². The van der Waals surface area contributed by atoms with Crippen LogP contribution >= 0.6 is 11.3 Å². The van der Waals surface area contributed by atoms with E-state index in [1.54, 1.807) is 0 Å². The molecule has 126 valence electrons. The fourth-order valence-electron chi connectivity index (χ4n) is 2.23. The molecular formula is C14H24N2O4S2. The lowest BCUT2D eigenvalue weighted by molar-refractivity contribution is -0.153. The topological polar surface area (TPSA) is 85.4 Å². The average molecular weight is 348 g/mol. The number of hydrogen-bond acceptors (Lipinski definition) is 7. The molecule has 0 aliphatic carbocycles. The molecule has 0 aliphatic rings. The summed E-state index contributed by atoms with van der Waals surface area (Å²) in [5.41, 5.74) is 0.259. The molecule has 0 atom stereocenters. The van der Waals surface area contributed by atoms with Gasteiger partial charge in [0.1, 0.15) is 10.8 Å². The Morgan fingerprint density at radius 3 is 2.55 bits per heavy atom. The smallest absolute Gasteiger partial charge is 0.313 e. The van der Waals surface area contributed by atoms with E-state index in [9.17, 15) is 13.2 Å². The van der Waals surface area contributed by atoms with Crippen molar-refractivity contribution in [3.8, 4) is 0 Å². The Hall–Kier alpha value is -0.990. The normalized spacial score (nSPS) is 12.4. The van der Waals surface area contributed by atoms with E-state index in [0.29, 0.717) is 30.9 Å². The first-order chi connectivity index (χ1) is 10.3. The maximum absolute atomic E-state index is 12.0. The number of ether oxygens (including phenoxy) is 1. The van der Waals surface area contributed by atoms with Crippen molar-refractivity contribution >= 4 is 27.1 Å². The minimum Gasteiger partial charge on any atom is -0.469 e. The van der Waals surface area contributed by atoms with Gasteiger partial charge < -0.3 is 10.1 Å². The maximum atomic E-state index is 12.0. The van der Waals surface area contributed by atoms with Crippen molar-refractivity contribution in [2.45, 2.75) is 39.0 Å². The predicted octanol–water partition coefficient (Wildman–Crippen LogP) is 1.76. The SMILES string of the molecule is CCC(CC)(CNCc1csc(CS(C)(=O)=O)n1)C(=O)OC. The second-order valence-corrected chi connectivity index (χ2v) is 8.47. The van der Waals surface area contributed by atoms with Gasteiger partial charge in [-0.05, 0) is 12.8 Å². The number of methoxy groups -OCH3 is 1. The third-order valence-electron chi connectivity index (χ3n) is 3.73. The summed E-state index contributed by atoms with van der Waals surface area (Å²) < 4.78 is 27.4. The Kier molecular flexibility index (Phi) is 6.96. The molecule has 0 bridgehead atoms. The van der Waals surface area contributed by atoms with Gasteiger partial charge in [0.25, 0.3) is 0 Å². The molecule has 0 radical (unpaired) electrons. The van der Waals surface area contributed by atoms with E-state index in [-0.39, 0.29) is 11.7 Å². The molecule has 1 N–H and O–H groups in total. The number of nitrogens with zero attached hydrogens (tertiary/aromatic N) is 1. The van der Waals surface area contributed by atoms with Crippen LogP contribution < -0.4 is 5.32 Å². The number of sulfone groups is 1. The Morgan fingerprint density at radius 2 is 2.05 bits per heavy atom. The van der Waals surface area contributed by atoms with Crippen LogP contribution in [0.15, 0.2) is 5.38 Å². The summed E-state index contributed by atoms with van der Waals surface area (Å²) >= 11 is 1.33. The molecule has 0 amide bonds. The maximum Gasteiger partial charge on any atom is 0.313 e. The number of carbonyl (C=O) groups excluding carboxylic acids is 1. The lowest BCUT2D eigenvalue weighted by Crippen LogP contribution is -2.40. The van der Waals surface area contributed by atoms with Crippen molar-refractivity contribution in [2.24, 2.45) is 5.41 Å². The second-order valence-electron chi connectivity index (χ2n) is 5.39. The number of esters is 1. The highest BCUT2D eigenvalue weighted by Gasteiger charge is 2.35. The molecule has 1 aromatic heterocycles. The summed E-state index contributed by atoms with van der Waals surface area (Å²) in [5.74, 6) is -0.241. The zero-order valence-electron chi connectivity index (χ0n) is 13.5. The molecule has 0 unspecified atom stereocenters. The van der Waals surface area contributed by atoms with Crippen LogP contribution in [-0.2, 0) is 31.7 Å². The van der Waals surface area contributed by atoms with Crippen LogP contribution in [0.2, 0.25) is 0 Å². The molecule has 0 saturated heterocycles. The largest absolute Gasteiger partial charge is 0.469 e. The second kappa shape index (κ2) is 8.03. The van der Waals surface area contributed by atoms with Gasteiger partial charge in [0, 0.05) is 24.7 Å². The Morgan fingerprint density at radius 1 is 1.41 bits per heavy atom. The average Bonchev–Trinajstić information content (AvgIpc) is 2.88. The number of carbonyl (C=O) groups is 1. The van der Waals surface area contributed by atoms with Crippen LogP contribution in [0.1, 0.15) is 37.4 Å². The third-order valence-corrected chi connectivity index (χ3v) is 5.60. The van der Waals surface area contributed by atoms with E-state index >= 15 is 0 Å². The molecule has 0 fully saturated rings. The van der Waals surface area contributed by atoms with Gasteiger partial charge in [0.2, 0.25) is 0 Å². The number of rotatable bonds is 9. The Balaban J connectivity index is 2.61. The van der Waals surface area contributed by atoms with Gasteiger partial charge in [-0.2, -0.15) is 0 Å². The summed E-state index contributed by atoms with van der Waals surface area (Å²) in [6.07, 6.45) is 2.58. The van der Waals surface area contributed by atoms with Crippen molar-refractivity contribution in [2.75, 3.05) is 19.9 Å². The highest BCUT2D eigenvalue weighted by Crippen LogP contribution is 2.27. The first kappa shape index (κ1) is 19.1. The van der Waals surface area contributed by atoms with Crippen LogP contribution in [0, 0.1) is 5.41 Å². The molecule has 0 spiro atoms. The van der Waals surface area contributed by atoms with E-state index in [0.717, 1.165) is 5.69 Å². The van der Waals surface area contributed by atoms with Gasteiger partial charge in [0.05, 0.1) is 18.2 Å². The molecule has 1 heterocycles. The zero-order chi connectivity index (χ0) is 16.8. The molecule has 0 aromatic carbocycles. The van der Waals surface area contributed by atoms with E-state index < -0.39 is 15.3 Å². The number of thiazole rings is 1. The molecular weight excluding hydrogens is 324 g/mol. The van der Waals surface area contributed by atoms with Crippen molar-refractivity contribution in [3.05, 3.63) is 16.1 Å². The number of nitrogens with one attached hydrogen (secondary N) is 1. The lowest BCUT2D eigenvalue weighted by atomic mass is 9.82. The van der Waals surface area contributed by atoms with Gasteiger partial charge in [-0.25, -0.2) is 13.4 Å². The molecule has 0 aliphatic heterocycles. The van der Waals surface area contributed by atoms with Gasteiger partial charge in [0.15, 0.2) is 9.84 Å². The molecule has 22 heavy (non-hydrogen) atoms. The third kappa shape index (κ3) is 5.33. The quantitative estimate of drug-likeness (QED) is 0.685. The van der Waals surface area contributed by atoms with E-state index in [2.05, 4.69) is 10.3 Å². The van der Waals surface area contributed by atoms with Crippen molar-refractivity contribution < 1.29 is 17.9 Å². The van der Waals surface area contributed by atoms with Crippen molar-refractivity contribution in [1.29, 1.82) is 0 Å². The zero-order valence-corrected chi connectivity index (χ0v) is 15.1. The lowest BCUT2D eigenvalue weighted by Gasteiger charge is -2.28. The number of aromatic nitrogens is 1. The van der Waals surface area contributed by atoms with Crippen LogP contribution in [0.5, 0.6) is 0 Å². The minimum absolute atomic E-state index is 0.0340. The Labute approximate surface area is 136 Å². The van der Waals surface area contributed by atoms with E-state index in [1.165, 1.54) is 24.7 Å². The van der Waals surface area contributed by atoms with Crippen molar-refractivity contribution in [3.63, 3.8) is 0 Å². The molecule has 1 rings (SSSR count). The summed E-state index contributed by atoms with van der Waals surface area (Å²) in [4.78, 5) is 16.2. The van der Waals surface area contributed by atoms with Crippen molar-refractivity contribution in [1.82, 2.24) is 10.3 Å². The first-order valence-corrected chi connectivity index (χ1v) is 10.1. The van der Waals surface area contributed by atoms with E-state index in [1.807, 2.05) is 19.2 Å².